The van der Waals surface area contributed by atoms with Crippen LogP contribution in [0.5, 0.6) is 0 Å². The van der Waals surface area contributed by atoms with Crippen molar-refractivity contribution in [2.24, 2.45) is 0 Å². The van der Waals surface area contributed by atoms with Crippen LogP contribution in [0.2, 0.25) is 0 Å². The average molecular weight is 678 g/mol. The van der Waals surface area contributed by atoms with Crippen molar-refractivity contribution in [1.29, 1.82) is 0 Å². The van der Waals surface area contributed by atoms with Crippen molar-refractivity contribution < 1.29 is 182 Å². The van der Waals surface area contributed by atoms with Gasteiger partial charge in [0, 0.05) is 0 Å². The summed E-state index contributed by atoms with van der Waals surface area (Å²) in [6, 6.07) is 0. The van der Waals surface area contributed by atoms with Crippen molar-refractivity contribution in [3.05, 3.63) is 0 Å². The number of rotatable bonds is 0. The molecule has 0 N–H and O–H groups in total. The van der Waals surface area contributed by atoms with E-state index in [-0.39, 0.29) is 182 Å². The molecule has 0 atom stereocenters. The predicted octanol–water partition coefficient (Wildman–Crippen LogP) is -33.0. The topological polar surface area (TPSA) is 0 Å². The summed E-state index contributed by atoms with van der Waals surface area (Å²) < 4.78 is 0. The van der Waals surface area contributed by atoms with E-state index in [1.54, 1.807) is 0 Å². The van der Waals surface area contributed by atoms with Crippen LogP contribution in [0.3, 0.4) is 0 Å². The maximum Gasteiger partial charge on any atom is 3.00 e. The second-order valence-electron chi connectivity index (χ2n) is 0. The molecule has 0 aliphatic carbocycles. The van der Waals surface area contributed by atoms with Crippen LogP contribution >= 0.6 is 0 Å². The summed E-state index contributed by atoms with van der Waals surface area (Å²) in [5.74, 6) is 0. The molecule has 0 heterocycles. The van der Waals surface area contributed by atoms with E-state index in [0.29, 0.717) is 0 Å². The fraction of sp³-hybridized carbons (Fsp3) is 0. The molecule has 14 heteroatoms. The first-order valence-electron chi connectivity index (χ1n) is 0. The smallest absolute Gasteiger partial charge is 1.00 e. The summed E-state index contributed by atoms with van der Waals surface area (Å²) in [4.78, 5) is 0. The van der Waals surface area contributed by atoms with E-state index in [2.05, 4.69) is 0 Å². The van der Waals surface area contributed by atoms with E-state index < -0.39 is 0 Å². The molecule has 0 aromatic heterocycles. The summed E-state index contributed by atoms with van der Waals surface area (Å²) in [7, 11) is 0. The van der Waals surface area contributed by atoms with E-state index in [1.807, 2.05) is 0 Å². The Morgan fingerprint density at radius 2 is 0.357 bits per heavy atom. The van der Waals surface area contributed by atoms with Crippen LogP contribution < -0.4 is 65.9 Å². The molecule has 0 aliphatic heterocycles. The zero-order valence-corrected chi connectivity index (χ0v) is 13.2. The molecule has 100 valence electrons. The summed E-state index contributed by atoms with van der Waals surface area (Å²) in [6.07, 6.45) is 0. The van der Waals surface area contributed by atoms with Crippen molar-refractivity contribution in [1.82, 2.24) is 0 Å². The Morgan fingerprint density at radius 3 is 0.357 bits per heavy atom. The molecule has 0 aliphatic rings. The molecule has 0 fully saturated rings. The number of hydrogen-bond acceptors (Lipinski definition) is 0. The van der Waals surface area contributed by atoms with Gasteiger partial charge in [-0.3, -0.25) is 0 Å². The molecule has 0 saturated carbocycles. The van der Waals surface area contributed by atoms with Crippen LogP contribution in [0.25, 0.3) is 0 Å². The maximum atomic E-state index is 0. The SMILES string of the molecule is [F-].[F-].[F-].[F-].[F-].[F-].[F-].[F-].[F-].[F-].[Ho+3].[Li+].[Lu+3].[Pr+3]. The van der Waals surface area contributed by atoms with Gasteiger partial charge < -0.3 is 47.0 Å². The predicted molar refractivity (Wildman–Crippen MR) is 0 cm³/mol. The van der Waals surface area contributed by atoms with Gasteiger partial charge in [0.1, 0.15) is 0 Å². The first-order chi connectivity index (χ1) is 0. The molecule has 0 spiro atoms. The fourth-order valence-electron chi connectivity index (χ4n) is 0. The summed E-state index contributed by atoms with van der Waals surface area (Å²) in [6.45, 7) is 0. The molecule has 0 aromatic rings. The maximum absolute atomic E-state index is 0. The van der Waals surface area contributed by atoms with Crippen LogP contribution in [0.15, 0.2) is 0 Å². The Kier molecular flexibility index (Phi) is 7450. The van der Waals surface area contributed by atoms with Crippen LogP contribution in [-0.2, 0) is 0 Å². The largest absolute Gasteiger partial charge is 3.00 e. The third kappa shape index (κ3) is 243. The second-order valence-corrected chi connectivity index (χ2v) is 0. The minimum Gasteiger partial charge on any atom is -1.00 e. The Balaban J connectivity index is 0. The average Bonchev–Trinajstić information content (AvgIpc) is 0. The first kappa shape index (κ1) is 354. The zero-order valence-electron chi connectivity index (χ0n) is 5.92. The normalized spacial score (nSPS) is 0. The summed E-state index contributed by atoms with van der Waals surface area (Å²) in [5.41, 5.74) is 0. The van der Waals surface area contributed by atoms with Crippen molar-refractivity contribution in [2.75, 3.05) is 0 Å². The van der Waals surface area contributed by atoms with Crippen molar-refractivity contribution in [3.8, 4) is 0 Å². The van der Waals surface area contributed by atoms with Gasteiger partial charge in [-0.05, 0) is 0 Å². The minimum atomic E-state index is 0. The standard InChI is InChI=1S/10FH.Ho.Li.Lu.Pr/h10*1H;;;;/q;;;;;;;;;;+3;+1;2*+3/p-10. The zero-order chi connectivity index (χ0) is 0. The molecule has 0 rings (SSSR count). The van der Waals surface area contributed by atoms with E-state index in [0.717, 1.165) is 0 Å². The monoisotopic (exact) mass is 678 g/mol. The van der Waals surface area contributed by atoms with Gasteiger partial charge in [-0.2, -0.15) is 0 Å². The van der Waals surface area contributed by atoms with E-state index in [4.69, 9.17) is 0 Å². The molecule has 0 radical (unpaired) electrons. The number of hydrogen-bond donors (Lipinski definition) is 0. The Bertz CT molecular complexity index is 20.1. The van der Waals surface area contributed by atoms with Crippen LogP contribution in [-0.4, -0.2) is 0 Å². The Morgan fingerprint density at radius 1 is 0.357 bits per heavy atom. The molecule has 0 aromatic carbocycles. The van der Waals surface area contributed by atoms with Gasteiger partial charge in [0.25, 0.3) is 0 Å². The molecular formula is F10HoLiLuPr. The van der Waals surface area contributed by atoms with E-state index in [9.17, 15) is 0 Å². The molecule has 0 unspecified atom stereocenters. The molecule has 0 amide bonds. The molecule has 0 saturated heterocycles. The van der Waals surface area contributed by atoms with Crippen molar-refractivity contribution >= 4 is 0 Å². The van der Waals surface area contributed by atoms with Crippen LogP contribution in [0.1, 0.15) is 0 Å². The molecule has 14 heavy (non-hydrogen) atoms. The van der Waals surface area contributed by atoms with Crippen molar-refractivity contribution in [2.45, 2.75) is 0 Å². The van der Waals surface area contributed by atoms with Crippen LogP contribution in [0.4, 0.5) is 0 Å². The molecule has 0 bridgehead atoms. The third-order valence-corrected chi connectivity index (χ3v) is 0. The third-order valence-electron chi connectivity index (χ3n) is 0. The van der Waals surface area contributed by atoms with Gasteiger partial charge in [0.2, 0.25) is 0 Å². The van der Waals surface area contributed by atoms with Crippen molar-refractivity contribution in [3.63, 3.8) is 0 Å². The van der Waals surface area contributed by atoms with Gasteiger partial charge in [-0.1, -0.05) is 0 Å². The Labute approximate surface area is 178 Å². The second kappa shape index (κ2) is 295. The summed E-state index contributed by atoms with van der Waals surface area (Å²) >= 11 is 0. The van der Waals surface area contributed by atoms with E-state index >= 15 is 0 Å². The van der Waals surface area contributed by atoms with Crippen LogP contribution in [0, 0.1) is 116 Å². The number of halogens is 10. The van der Waals surface area contributed by atoms with E-state index in [1.165, 1.54) is 0 Å². The summed E-state index contributed by atoms with van der Waals surface area (Å²) in [5, 5.41) is 0. The fourth-order valence-corrected chi connectivity index (χ4v) is 0. The Hall–Kier alpha value is 3.75. The quantitative estimate of drug-likeness (QED) is 0.177. The molecule has 0 nitrogen and oxygen atoms in total. The van der Waals surface area contributed by atoms with Gasteiger partial charge in [-0.15, -0.1) is 0 Å². The van der Waals surface area contributed by atoms with Gasteiger partial charge in [0.15, 0.2) is 0 Å². The van der Waals surface area contributed by atoms with Gasteiger partial charge >= 0.3 is 135 Å². The first-order valence-corrected chi connectivity index (χ1v) is 0. The van der Waals surface area contributed by atoms with Gasteiger partial charge in [-0.25, -0.2) is 0 Å². The minimum absolute atomic E-state index is 0. The van der Waals surface area contributed by atoms with Gasteiger partial charge in [0.05, 0.1) is 0 Å². The molecular weight excluding hydrogens is 678 g/mol.